The third kappa shape index (κ3) is 5.20. The number of piperidine rings is 1. The van der Waals surface area contributed by atoms with E-state index in [-0.39, 0.29) is 11.9 Å². The van der Waals surface area contributed by atoms with Crippen molar-refractivity contribution < 1.29 is 4.79 Å². The van der Waals surface area contributed by atoms with Crippen molar-refractivity contribution in [1.29, 1.82) is 5.26 Å². The first-order valence-electron chi connectivity index (χ1n) is 7.68. The Bertz CT molecular complexity index is 498. The van der Waals surface area contributed by atoms with Crippen LogP contribution < -0.4 is 5.32 Å². The molecule has 4 heteroatoms. The van der Waals surface area contributed by atoms with Crippen LogP contribution in [0.5, 0.6) is 0 Å². The summed E-state index contributed by atoms with van der Waals surface area (Å²) >= 11 is 0. The van der Waals surface area contributed by atoms with Gasteiger partial charge in [0.15, 0.2) is 0 Å². The van der Waals surface area contributed by atoms with Crippen molar-refractivity contribution in [2.24, 2.45) is 0 Å². The fourth-order valence-corrected chi connectivity index (χ4v) is 2.78. The lowest BCUT2D eigenvalue weighted by Crippen LogP contribution is -2.44. The minimum absolute atomic E-state index is 0.0456. The van der Waals surface area contributed by atoms with Gasteiger partial charge in [0.25, 0.3) is 0 Å². The van der Waals surface area contributed by atoms with Crippen LogP contribution in [0.15, 0.2) is 24.3 Å². The number of hydrogen-bond donors (Lipinski definition) is 1. The van der Waals surface area contributed by atoms with Crippen LogP contribution in [0.25, 0.3) is 0 Å². The van der Waals surface area contributed by atoms with Crippen molar-refractivity contribution in [3.63, 3.8) is 0 Å². The molecule has 1 atom stereocenters. The second-order valence-electron chi connectivity index (χ2n) is 5.82. The van der Waals surface area contributed by atoms with E-state index >= 15 is 0 Å². The van der Waals surface area contributed by atoms with Gasteiger partial charge in [0.2, 0.25) is 5.91 Å². The Kier molecular flexibility index (Phi) is 5.77. The molecule has 0 saturated carbocycles. The lowest BCUT2D eigenvalue weighted by Gasteiger charge is -2.29. The fraction of sp³-hybridized carbons (Fsp3) is 0.529. The summed E-state index contributed by atoms with van der Waals surface area (Å²) in [6, 6.07) is 9.44. The molecule has 4 nitrogen and oxygen atoms in total. The number of nitriles is 1. The molecule has 1 N–H and O–H groups in total. The number of amides is 1. The number of nitrogens with zero attached hydrogens (tertiary/aromatic N) is 2. The summed E-state index contributed by atoms with van der Waals surface area (Å²) in [6.07, 6.45) is 4.24. The Labute approximate surface area is 126 Å². The van der Waals surface area contributed by atoms with E-state index in [2.05, 4.69) is 23.2 Å². The average Bonchev–Trinajstić information content (AvgIpc) is 2.48. The third-order valence-electron chi connectivity index (χ3n) is 3.84. The van der Waals surface area contributed by atoms with E-state index in [0.29, 0.717) is 12.0 Å². The highest BCUT2D eigenvalue weighted by atomic mass is 16.1. The summed E-state index contributed by atoms with van der Waals surface area (Å²) in [7, 11) is 0. The van der Waals surface area contributed by atoms with E-state index in [1.54, 1.807) is 12.1 Å². The number of hydrogen-bond acceptors (Lipinski definition) is 3. The maximum Gasteiger partial charge on any atom is 0.224 e. The van der Waals surface area contributed by atoms with Crippen molar-refractivity contribution in [3.05, 3.63) is 35.4 Å². The zero-order valence-corrected chi connectivity index (χ0v) is 12.6. The van der Waals surface area contributed by atoms with Crippen LogP contribution in [0.3, 0.4) is 0 Å². The number of likely N-dealkylation sites (tertiary alicyclic amines) is 1. The predicted octanol–water partition coefficient (Wildman–Crippen LogP) is 2.09. The molecule has 0 aliphatic carbocycles. The van der Waals surface area contributed by atoms with Crippen LogP contribution in [0.2, 0.25) is 0 Å². The molecule has 1 heterocycles. The molecule has 1 aromatic rings. The van der Waals surface area contributed by atoms with Gasteiger partial charge in [-0.05, 0) is 50.6 Å². The molecule has 1 saturated heterocycles. The van der Waals surface area contributed by atoms with Gasteiger partial charge in [0.05, 0.1) is 18.1 Å². The number of carbonyl (C=O) groups is 1. The maximum atomic E-state index is 12.0. The number of carbonyl (C=O) groups excluding carboxylic acids is 1. The Morgan fingerprint density at radius 3 is 2.57 bits per heavy atom. The van der Waals surface area contributed by atoms with Gasteiger partial charge < -0.3 is 10.2 Å². The van der Waals surface area contributed by atoms with Crippen molar-refractivity contribution in [3.8, 4) is 6.07 Å². The maximum absolute atomic E-state index is 12.0. The molecular weight excluding hydrogens is 262 g/mol. The number of benzene rings is 1. The molecular formula is C17H23N3O. The van der Waals surface area contributed by atoms with Gasteiger partial charge in [0.1, 0.15) is 0 Å². The van der Waals surface area contributed by atoms with E-state index in [1.807, 2.05) is 12.1 Å². The molecule has 21 heavy (non-hydrogen) atoms. The summed E-state index contributed by atoms with van der Waals surface area (Å²) in [5.41, 5.74) is 1.56. The quantitative estimate of drug-likeness (QED) is 0.901. The molecule has 1 amide bonds. The Hall–Kier alpha value is -1.86. The summed E-state index contributed by atoms with van der Waals surface area (Å²) < 4.78 is 0. The second kappa shape index (κ2) is 7.80. The first-order valence-corrected chi connectivity index (χ1v) is 7.68. The van der Waals surface area contributed by atoms with Crippen LogP contribution >= 0.6 is 0 Å². The third-order valence-corrected chi connectivity index (χ3v) is 3.84. The van der Waals surface area contributed by atoms with E-state index in [9.17, 15) is 4.79 Å². The summed E-state index contributed by atoms with van der Waals surface area (Å²) in [6.45, 7) is 5.29. The highest BCUT2D eigenvalue weighted by Crippen LogP contribution is 2.09. The van der Waals surface area contributed by atoms with Gasteiger partial charge in [-0.3, -0.25) is 4.79 Å². The topological polar surface area (TPSA) is 56.1 Å². The molecule has 0 radical (unpaired) electrons. The molecule has 1 aliphatic heterocycles. The van der Waals surface area contributed by atoms with Crippen LogP contribution in [0.1, 0.15) is 37.3 Å². The first kappa shape index (κ1) is 15.5. The molecule has 1 fully saturated rings. The zero-order chi connectivity index (χ0) is 15.1. The molecule has 0 aromatic heterocycles. The van der Waals surface area contributed by atoms with E-state index in [0.717, 1.165) is 25.2 Å². The molecule has 0 bridgehead atoms. The molecule has 112 valence electrons. The van der Waals surface area contributed by atoms with E-state index in [1.165, 1.54) is 19.3 Å². The van der Waals surface area contributed by atoms with Gasteiger partial charge in [0, 0.05) is 12.6 Å². The minimum Gasteiger partial charge on any atom is -0.352 e. The molecule has 1 unspecified atom stereocenters. The molecule has 0 spiro atoms. The molecule has 2 rings (SSSR count). The average molecular weight is 285 g/mol. The van der Waals surface area contributed by atoms with Gasteiger partial charge in [-0.25, -0.2) is 0 Å². The standard InChI is InChI=1S/C17H23N3O/c1-14(13-20-9-3-2-4-10-20)19-17(21)11-15-5-7-16(12-18)8-6-15/h5-8,14H,2-4,9-11,13H2,1H3,(H,19,21). The fourth-order valence-electron chi connectivity index (χ4n) is 2.78. The Balaban J connectivity index is 1.76. The number of rotatable bonds is 5. The minimum atomic E-state index is 0.0456. The predicted molar refractivity (Wildman–Crippen MR) is 82.8 cm³/mol. The van der Waals surface area contributed by atoms with Crippen molar-refractivity contribution in [2.75, 3.05) is 19.6 Å². The SMILES string of the molecule is CC(CN1CCCCC1)NC(=O)Cc1ccc(C#N)cc1. The second-order valence-corrected chi connectivity index (χ2v) is 5.82. The van der Waals surface area contributed by atoms with Crippen LogP contribution in [-0.2, 0) is 11.2 Å². The Morgan fingerprint density at radius 2 is 1.95 bits per heavy atom. The summed E-state index contributed by atoms with van der Waals surface area (Å²) in [5, 5.41) is 11.8. The van der Waals surface area contributed by atoms with Crippen LogP contribution in [0, 0.1) is 11.3 Å². The molecule has 1 aromatic carbocycles. The highest BCUT2D eigenvalue weighted by Gasteiger charge is 2.15. The van der Waals surface area contributed by atoms with Crippen molar-refractivity contribution in [1.82, 2.24) is 10.2 Å². The zero-order valence-electron chi connectivity index (χ0n) is 12.6. The van der Waals surface area contributed by atoms with Crippen molar-refractivity contribution in [2.45, 2.75) is 38.6 Å². The van der Waals surface area contributed by atoms with Gasteiger partial charge in [-0.2, -0.15) is 5.26 Å². The monoisotopic (exact) mass is 285 g/mol. The van der Waals surface area contributed by atoms with Gasteiger partial charge >= 0.3 is 0 Å². The van der Waals surface area contributed by atoms with Crippen molar-refractivity contribution >= 4 is 5.91 Å². The van der Waals surface area contributed by atoms with E-state index in [4.69, 9.17) is 5.26 Å². The number of nitrogens with one attached hydrogen (secondary N) is 1. The summed E-state index contributed by atoms with van der Waals surface area (Å²) in [5.74, 6) is 0.0456. The largest absolute Gasteiger partial charge is 0.352 e. The van der Waals surface area contributed by atoms with Gasteiger partial charge in [-0.1, -0.05) is 18.6 Å². The highest BCUT2D eigenvalue weighted by molar-refractivity contribution is 5.78. The lowest BCUT2D eigenvalue weighted by molar-refractivity contribution is -0.121. The van der Waals surface area contributed by atoms with E-state index < -0.39 is 0 Å². The normalized spacial score (nSPS) is 17.0. The smallest absolute Gasteiger partial charge is 0.224 e. The van der Waals surface area contributed by atoms with Crippen LogP contribution in [-0.4, -0.2) is 36.5 Å². The first-order chi connectivity index (χ1) is 10.2. The lowest BCUT2D eigenvalue weighted by atomic mass is 10.1. The van der Waals surface area contributed by atoms with Gasteiger partial charge in [-0.15, -0.1) is 0 Å². The Morgan fingerprint density at radius 1 is 1.29 bits per heavy atom. The summed E-state index contributed by atoms with van der Waals surface area (Å²) in [4.78, 5) is 14.5. The molecule has 1 aliphatic rings. The van der Waals surface area contributed by atoms with Crippen LogP contribution in [0.4, 0.5) is 0 Å².